The Morgan fingerprint density at radius 1 is 1.00 bits per heavy atom. The molecule has 0 aliphatic heterocycles. The van der Waals surface area contributed by atoms with Gasteiger partial charge in [-0.15, -0.1) is 0 Å². The molecular weight excluding hydrogens is 316 g/mol. The van der Waals surface area contributed by atoms with Gasteiger partial charge in [-0.05, 0) is 30.5 Å². The van der Waals surface area contributed by atoms with Gasteiger partial charge in [-0.25, -0.2) is 4.98 Å². The molecule has 1 heterocycles. The van der Waals surface area contributed by atoms with Crippen LogP contribution in [0.5, 0.6) is 0 Å². The molecule has 3 nitrogen and oxygen atoms in total. The Balaban J connectivity index is 2.17. The van der Waals surface area contributed by atoms with E-state index in [4.69, 9.17) is 4.98 Å². The summed E-state index contributed by atoms with van der Waals surface area (Å²) in [7, 11) is 0. The topological polar surface area (TPSA) is 34.9 Å². The van der Waals surface area contributed by atoms with Crippen LogP contribution in [0.25, 0.3) is 10.9 Å². The van der Waals surface area contributed by atoms with Gasteiger partial charge in [0.1, 0.15) is 0 Å². The van der Waals surface area contributed by atoms with Gasteiger partial charge >= 0.3 is 0 Å². The van der Waals surface area contributed by atoms with Crippen molar-refractivity contribution in [2.75, 3.05) is 5.75 Å². The molecule has 0 spiro atoms. The van der Waals surface area contributed by atoms with Gasteiger partial charge in [0.15, 0.2) is 5.16 Å². The quantitative estimate of drug-likeness (QED) is 0.497. The van der Waals surface area contributed by atoms with Crippen molar-refractivity contribution in [3.63, 3.8) is 0 Å². The first-order valence-electron chi connectivity index (χ1n) is 8.27. The van der Waals surface area contributed by atoms with Crippen LogP contribution in [0, 0.1) is 5.92 Å². The van der Waals surface area contributed by atoms with E-state index >= 15 is 0 Å². The second-order valence-electron chi connectivity index (χ2n) is 6.38. The number of thioether (sulfide) groups is 1. The van der Waals surface area contributed by atoms with Gasteiger partial charge in [-0.3, -0.25) is 9.36 Å². The minimum atomic E-state index is -0.0505. The molecule has 3 aromatic rings. The molecule has 0 radical (unpaired) electrons. The summed E-state index contributed by atoms with van der Waals surface area (Å²) < 4.78 is 1.84. The molecule has 0 saturated heterocycles. The maximum atomic E-state index is 13.1. The van der Waals surface area contributed by atoms with Gasteiger partial charge in [0, 0.05) is 5.75 Å². The van der Waals surface area contributed by atoms with E-state index in [0.29, 0.717) is 11.3 Å². The number of hydrogen-bond donors (Lipinski definition) is 0. The van der Waals surface area contributed by atoms with Crippen molar-refractivity contribution in [2.45, 2.75) is 32.0 Å². The van der Waals surface area contributed by atoms with E-state index in [1.54, 1.807) is 11.8 Å². The van der Waals surface area contributed by atoms with Crippen molar-refractivity contribution in [3.05, 3.63) is 70.5 Å². The Bertz CT molecular complexity index is 887. The van der Waals surface area contributed by atoms with Crippen LogP contribution in [0.2, 0.25) is 0 Å². The maximum Gasteiger partial charge on any atom is 0.262 e. The molecule has 0 aliphatic carbocycles. The SMILES string of the molecule is CC(C)CSc1nc2ccccc2c(=O)n1[C@@H](C)c1ccccc1. The third-order valence-corrected chi connectivity index (χ3v) is 5.37. The second kappa shape index (κ2) is 7.22. The lowest BCUT2D eigenvalue weighted by atomic mass is 10.1. The molecule has 2 aromatic carbocycles. The molecule has 0 bridgehead atoms. The Morgan fingerprint density at radius 2 is 1.67 bits per heavy atom. The molecule has 1 atom stereocenters. The van der Waals surface area contributed by atoms with Crippen molar-refractivity contribution in [3.8, 4) is 0 Å². The highest BCUT2D eigenvalue weighted by Gasteiger charge is 2.18. The van der Waals surface area contributed by atoms with Crippen molar-refractivity contribution in [2.24, 2.45) is 5.92 Å². The smallest absolute Gasteiger partial charge is 0.262 e. The van der Waals surface area contributed by atoms with Crippen molar-refractivity contribution in [1.29, 1.82) is 0 Å². The van der Waals surface area contributed by atoms with Crippen LogP contribution < -0.4 is 5.56 Å². The van der Waals surface area contributed by atoms with Gasteiger partial charge < -0.3 is 0 Å². The summed E-state index contributed by atoms with van der Waals surface area (Å²) in [6.45, 7) is 6.42. The fourth-order valence-electron chi connectivity index (χ4n) is 2.69. The highest BCUT2D eigenvalue weighted by molar-refractivity contribution is 7.99. The first kappa shape index (κ1) is 16.8. The van der Waals surface area contributed by atoms with Gasteiger partial charge in [-0.1, -0.05) is 68.1 Å². The highest BCUT2D eigenvalue weighted by Crippen LogP contribution is 2.25. The molecular formula is C20H22N2OS. The lowest BCUT2D eigenvalue weighted by Gasteiger charge is -2.20. The van der Waals surface area contributed by atoms with Crippen molar-refractivity contribution < 1.29 is 0 Å². The predicted molar refractivity (Wildman–Crippen MR) is 102 cm³/mol. The summed E-state index contributed by atoms with van der Waals surface area (Å²) in [4.78, 5) is 17.9. The molecule has 0 unspecified atom stereocenters. The van der Waals surface area contributed by atoms with Gasteiger partial charge in [0.2, 0.25) is 0 Å². The number of nitrogens with zero attached hydrogens (tertiary/aromatic N) is 2. The van der Waals surface area contributed by atoms with Gasteiger partial charge in [0.25, 0.3) is 5.56 Å². The maximum absolute atomic E-state index is 13.1. The average Bonchev–Trinajstić information content (AvgIpc) is 2.60. The summed E-state index contributed by atoms with van der Waals surface area (Å²) >= 11 is 1.66. The first-order chi connectivity index (χ1) is 11.6. The van der Waals surface area contributed by atoms with E-state index in [-0.39, 0.29) is 11.6 Å². The van der Waals surface area contributed by atoms with E-state index in [2.05, 4.69) is 32.9 Å². The van der Waals surface area contributed by atoms with Crippen LogP contribution in [0.1, 0.15) is 32.4 Å². The Kier molecular flexibility index (Phi) is 5.05. The number of fused-ring (bicyclic) bond motifs is 1. The van der Waals surface area contributed by atoms with E-state index in [1.807, 2.05) is 47.0 Å². The number of para-hydroxylation sites is 1. The van der Waals surface area contributed by atoms with E-state index < -0.39 is 0 Å². The van der Waals surface area contributed by atoms with Gasteiger partial charge in [-0.2, -0.15) is 0 Å². The van der Waals surface area contributed by atoms with Crippen LogP contribution in [0.4, 0.5) is 0 Å². The molecule has 0 saturated carbocycles. The summed E-state index contributed by atoms with van der Waals surface area (Å²) in [6.07, 6.45) is 0. The van der Waals surface area contributed by atoms with Crippen LogP contribution in [0.15, 0.2) is 64.5 Å². The highest BCUT2D eigenvalue weighted by atomic mass is 32.2. The average molecular weight is 338 g/mol. The lowest BCUT2D eigenvalue weighted by Crippen LogP contribution is -2.27. The number of aromatic nitrogens is 2. The summed E-state index contributed by atoms with van der Waals surface area (Å²) in [5, 5.41) is 1.47. The van der Waals surface area contributed by atoms with Gasteiger partial charge in [0.05, 0.1) is 16.9 Å². The normalized spacial score (nSPS) is 12.7. The lowest BCUT2D eigenvalue weighted by molar-refractivity contribution is 0.548. The second-order valence-corrected chi connectivity index (χ2v) is 7.37. The Labute approximate surface area is 146 Å². The zero-order valence-electron chi connectivity index (χ0n) is 14.3. The fourth-order valence-corrected chi connectivity index (χ4v) is 3.72. The third kappa shape index (κ3) is 3.39. The molecule has 124 valence electrons. The monoisotopic (exact) mass is 338 g/mol. The zero-order chi connectivity index (χ0) is 17.1. The van der Waals surface area contributed by atoms with Crippen LogP contribution in [0.3, 0.4) is 0 Å². The molecule has 3 rings (SSSR count). The van der Waals surface area contributed by atoms with Crippen LogP contribution in [-0.4, -0.2) is 15.3 Å². The van der Waals surface area contributed by atoms with E-state index in [9.17, 15) is 4.79 Å². The van der Waals surface area contributed by atoms with Crippen LogP contribution in [-0.2, 0) is 0 Å². The summed E-state index contributed by atoms with van der Waals surface area (Å²) in [5.74, 6) is 1.48. The fraction of sp³-hybridized carbons (Fsp3) is 0.300. The first-order valence-corrected chi connectivity index (χ1v) is 9.25. The largest absolute Gasteiger partial charge is 0.280 e. The Hall–Kier alpha value is -2.07. The predicted octanol–water partition coefficient (Wildman–Crippen LogP) is 4.75. The summed E-state index contributed by atoms with van der Waals surface area (Å²) in [6, 6.07) is 17.7. The molecule has 24 heavy (non-hydrogen) atoms. The minimum Gasteiger partial charge on any atom is -0.280 e. The standard InChI is InChI=1S/C20H22N2OS/c1-14(2)13-24-20-21-18-12-8-7-11-17(18)19(23)22(20)15(3)16-9-5-4-6-10-16/h4-12,14-15H,13H2,1-3H3/t15-/m0/s1. The van der Waals surface area contributed by atoms with Crippen molar-refractivity contribution >= 4 is 22.7 Å². The molecule has 0 amide bonds. The molecule has 0 fully saturated rings. The molecule has 4 heteroatoms. The summed E-state index contributed by atoms with van der Waals surface area (Å²) in [5.41, 5.74) is 1.91. The van der Waals surface area contributed by atoms with E-state index in [1.165, 1.54) is 0 Å². The molecule has 0 N–H and O–H groups in total. The van der Waals surface area contributed by atoms with Crippen molar-refractivity contribution in [1.82, 2.24) is 9.55 Å². The number of benzene rings is 2. The minimum absolute atomic E-state index is 0.0307. The number of hydrogen-bond acceptors (Lipinski definition) is 3. The Morgan fingerprint density at radius 3 is 2.38 bits per heavy atom. The van der Waals surface area contributed by atoms with Crippen LogP contribution >= 0.6 is 11.8 Å². The zero-order valence-corrected chi connectivity index (χ0v) is 15.1. The molecule has 0 aliphatic rings. The number of rotatable bonds is 5. The third-order valence-electron chi connectivity index (χ3n) is 3.99. The van der Waals surface area contributed by atoms with E-state index in [0.717, 1.165) is 22.0 Å². The molecule has 1 aromatic heterocycles.